The van der Waals surface area contributed by atoms with Gasteiger partial charge in [0.25, 0.3) is 0 Å². The summed E-state index contributed by atoms with van der Waals surface area (Å²) in [4.78, 5) is 11.5. The zero-order chi connectivity index (χ0) is 11.6. The van der Waals surface area contributed by atoms with E-state index in [0.29, 0.717) is 12.1 Å². The maximum absolute atomic E-state index is 11.5. The molecule has 1 N–H and O–H groups in total. The third-order valence-electron chi connectivity index (χ3n) is 2.43. The van der Waals surface area contributed by atoms with Gasteiger partial charge in [0.15, 0.2) is 9.84 Å². The summed E-state index contributed by atoms with van der Waals surface area (Å²) in [5.74, 6) is -0.0320. The Kier molecular flexibility index (Phi) is 2.95. The molecular formula is C9H12N2O4S. The molecule has 0 saturated carbocycles. The maximum atomic E-state index is 11.5. The molecule has 2 rings (SSSR count). The molecule has 1 saturated heterocycles. The van der Waals surface area contributed by atoms with Crippen LogP contribution in [0.4, 0.5) is 0 Å². The second-order valence-electron chi connectivity index (χ2n) is 3.84. The molecule has 0 spiro atoms. The largest absolute Gasteiger partial charge is 0.364 e. The van der Waals surface area contributed by atoms with Crippen molar-refractivity contribution in [2.75, 3.05) is 11.5 Å². The number of hydrogen-bond acceptors (Lipinski definition) is 5. The smallest absolute Gasteiger partial charge is 0.226 e. The Balaban J connectivity index is 1.85. The van der Waals surface area contributed by atoms with Crippen LogP contribution in [0.5, 0.6) is 0 Å². The highest BCUT2D eigenvalue weighted by molar-refractivity contribution is 7.91. The molecule has 6 nitrogen and oxygen atoms in total. The lowest BCUT2D eigenvalue weighted by Gasteiger charge is -2.09. The minimum atomic E-state index is -2.95. The van der Waals surface area contributed by atoms with Gasteiger partial charge in [-0.05, 0) is 6.42 Å². The van der Waals surface area contributed by atoms with Gasteiger partial charge in [0.2, 0.25) is 5.91 Å². The van der Waals surface area contributed by atoms with Gasteiger partial charge in [-0.2, -0.15) is 0 Å². The Morgan fingerprint density at radius 3 is 3.00 bits per heavy atom. The van der Waals surface area contributed by atoms with Crippen LogP contribution in [0.1, 0.15) is 12.1 Å². The van der Waals surface area contributed by atoms with Crippen LogP contribution >= 0.6 is 0 Å². The summed E-state index contributed by atoms with van der Waals surface area (Å²) in [7, 11) is -2.95. The first kappa shape index (κ1) is 11.1. The number of carbonyl (C=O) groups excluding carboxylic acids is 1. The monoisotopic (exact) mass is 244 g/mol. The standard InChI is InChI=1S/C9H12N2O4S/c12-9(5-7-1-3-15-11-7)10-8-2-4-16(13,14)6-8/h1,3,8H,2,4-6H2,(H,10,12). The summed E-state index contributed by atoms with van der Waals surface area (Å²) in [6.45, 7) is 0. The molecule has 1 aliphatic heterocycles. The van der Waals surface area contributed by atoms with E-state index in [0.717, 1.165) is 0 Å². The molecule has 7 heteroatoms. The van der Waals surface area contributed by atoms with Gasteiger partial charge in [0.1, 0.15) is 6.26 Å². The molecule has 0 aliphatic carbocycles. The lowest BCUT2D eigenvalue weighted by Crippen LogP contribution is -2.36. The van der Waals surface area contributed by atoms with E-state index in [-0.39, 0.29) is 29.9 Å². The first-order valence-electron chi connectivity index (χ1n) is 4.94. The third-order valence-corrected chi connectivity index (χ3v) is 4.20. The quantitative estimate of drug-likeness (QED) is 0.775. The van der Waals surface area contributed by atoms with Gasteiger partial charge in [-0.25, -0.2) is 8.42 Å². The van der Waals surface area contributed by atoms with Crippen molar-refractivity contribution in [1.29, 1.82) is 0 Å². The normalized spacial score (nSPS) is 23.1. The van der Waals surface area contributed by atoms with Gasteiger partial charge >= 0.3 is 0 Å². The molecular weight excluding hydrogens is 232 g/mol. The number of aromatic nitrogens is 1. The molecule has 1 fully saturated rings. The van der Waals surface area contributed by atoms with E-state index in [1.807, 2.05) is 0 Å². The first-order chi connectivity index (χ1) is 7.55. The average molecular weight is 244 g/mol. The van der Waals surface area contributed by atoms with Crippen molar-refractivity contribution in [3.05, 3.63) is 18.0 Å². The van der Waals surface area contributed by atoms with Crippen molar-refractivity contribution >= 4 is 15.7 Å². The van der Waals surface area contributed by atoms with Gasteiger partial charge in [-0.1, -0.05) is 5.16 Å². The molecule has 16 heavy (non-hydrogen) atoms. The van der Waals surface area contributed by atoms with Crippen molar-refractivity contribution in [3.8, 4) is 0 Å². The molecule has 0 bridgehead atoms. The van der Waals surface area contributed by atoms with Crippen molar-refractivity contribution in [1.82, 2.24) is 10.5 Å². The number of sulfone groups is 1. The van der Waals surface area contributed by atoms with E-state index in [1.165, 1.54) is 6.26 Å². The molecule has 0 radical (unpaired) electrons. The molecule has 2 heterocycles. The second-order valence-corrected chi connectivity index (χ2v) is 6.06. The molecule has 88 valence electrons. The Hall–Kier alpha value is -1.37. The Morgan fingerprint density at radius 1 is 1.62 bits per heavy atom. The van der Waals surface area contributed by atoms with Gasteiger partial charge in [0, 0.05) is 12.1 Å². The molecule has 1 aliphatic rings. The SMILES string of the molecule is O=C(Cc1ccon1)NC1CCS(=O)(=O)C1. The molecule has 1 amide bonds. The number of hydrogen-bond donors (Lipinski definition) is 1. The Morgan fingerprint density at radius 2 is 2.44 bits per heavy atom. The first-order valence-corrected chi connectivity index (χ1v) is 6.76. The summed E-state index contributed by atoms with van der Waals surface area (Å²) >= 11 is 0. The number of nitrogens with one attached hydrogen (secondary N) is 1. The number of carbonyl (C=O) groups is 1. The summed E-state index contributed by atoms with van der Waals surface area (Å²) in [6, 6.07) is 1.34. The van der Waals surface area contributed by atoms with Crippen molar-refractivity contribution in [2.24, 2.45) is 0 Å². The van der Waals surface area contributed by atoms with E-state index in [2.05, 4.69) is 15.0 Å². The maximum Gasteiger partial charge on any atom is 0.226 e. The number of rotatable bonds is 3. The highest BCUT2D eigenvalue weighted by Gasteiger charge is 2.28. The zero-order valence-corrected chi connectivity index (χ0v) is 9.37. The van der Waals surface area contributed by atoms with Crippen LogP contribution in [0.2, 0.25) is 0 Å². The predicted molar refractivity (Wildman–Crippen MR) is 55.4 cm³/mol. The molecule has 1 aromatic rings. The van der Waals surface area contributed by atoms with Gasteiger partial charge in [-0.15, -0.1) is 0 Å². The highest BCUT2D eigenvalue weighted by Crippen LogP contribution is 2.11. The van der Waals surface area contributed by atoms with Crippen molar-refractivity contribution in [2.45, 2.75) is 18.9 Å². The fraction of sp³-hybridized carbons (Fsp3) is 0.556. The van der Waals surface area contributed by atoms with E-state index in [4.69, 9.17) is 0 Å². The third kappa shape index (κ3) is 2.82. The van der Waals surface area contributed by atoms with Crippen LogP contribution in [-0.2, 0) is 21.1 Å². The molecule has 1 aromatic heterocycles. The average Bonchev–Trinajstić information content (AvgIpc) is 2.76. The fourth-order valence-electron chi connectivity index (χ4n) is 1.68. The van der Waals surface area contributed by atoms with Crippen LogP contribution in [0.15, 0.2) is 16.9 Å². The molecule has 0 aromatic carbocycles. The van der Waals surface area contributed by atoms with Crippen LogP contribution in [-0.4, -0.2) is 37.0 Å². The van der Waals surface area contributed by atoms with Gasteiger partial charge in [0.05, 0.1) is 23.6 Å². The van der Waals surface area contributed by atoms with Gasteiger partial charge in [-0.3, -0.25) is 4.79 Å². The van der Waals surface area contributed by atoms with E-state index >= 15 is 0 Å². The number of nitrogens with zero attached hydrogens (tertiary/aromatic N) is 1. The van der Waals surface area contributed by atoms with Crippen molar-refractivity contribution < 1.29 is 17.7 Å². The predicted octanol–water partition coefficient (Wildman–Crippen LogP) is -0.480. The summed E-state index contributed by atoms with van der Waals surface area (Å²) in [5, 5.41) is 6.28. The Bertz CT molecular complexity index is 466. The minimum Gasteiger partial charge on any atom is -0.364 e. The number of amides is 1. The van der Waals surface area contributed by atoms with E-state index < -0.39 is 9.84 Å². The molecule has 1 atom stereocenters. The van der Waals surface area contributed by atoms with Crippen LogP contribution < -0.4 is 5.32 Å². The van der Waals surface area contributed by atoms with Gasteiger partial charge < -0.3 is 9.84 Å². The van der Waals surface area contributed by atoms with E-state index in [1.54, 1.807) is 6.07 Å². The van der Waals surface area contributed by atoms with Crippen molar-refractivity contribution in [3.63, 3.8) is 0 Å². The second kappa shape index (κ2) is 4.25. The van der Waals surface area contributed by atoms with E-state index in [9.17, 15) is 13.2 Å². The van der Waals surface area contributed by atoms with Crippen LogP contribution in [0.3, 0.4) is 0 Å². The Labute approximate surface area is 92.9 Å². The highest BCUT2D eigenvalue weighted by atomic mass is 32.2. The topological polar surface area (TPSA) is 89.3 Å². The summed E-state index contributed by atoms with van der Waals surface area (Å²) in [6.07, 6.45) is 2.00. The molecule has 1 unspecified atom stereocenters. The summed E-state index contributed by atoms with van der Waals surface area (Å²) in [5.41, 5.74) is 0.540. The van der Waals surface area contributed by atoms with Crippen LogP contribution in [0, 0.1) is 0 Å². The zero-order valence-electron chi connectivity index (χ0n) is 8.55. The fourth-order valence-corrected chi connectivity index (χ4v) is 3.35. The lowest BCUT2D eigenvalue weighted by atomic mass is 10.2. The lowest BCUT2D eigenvalue weighted by molar-refractivity contribution is -0.121. The summed E-state index contributed by atoms with van der Waals surface area (Å²) < 4.78 is 26.9. The minimum absolute atomic E-state index is 0.0392. The van der Waals surface area contributed by atoms with Crippen LogP contribution in [0.25, 0.3) is 0 Å².